The molecule has 4 nitrogen and oxygen atoms in total. The maximum absolute atomic E-state index is 13.1. The quantitative estimate of drug-likeness (QED) is 0.711. The van der Waals surface area contributed by atoms with Crippen LogP contribution < -0.4 is 5.32 Å². The zero-order valence-corrected chi connectivity index (χ0v) is 12.0. The van der Waals surface area contributed by atoms with Gasteiger partial charge in [-0.15, -0.1) is 11.3 Å². The number of nitrogens with one attached hydrogen (secondary N) is 2. The lowest BCUT2D eigenvalue weighted by molar-refractivity contribution is 0.0957. The van der Waals surface area contributed by atoms with Gasteiger partial charge in [-0.2, -0.15) is 0 Å². The van der Waals surface area contributed by atoms with Gasteiger partial charge in [0.05, 0.1) is 4.88 Å². The van der Waals surface area contributed by atoms with Crippen molar-refractivity contribution in [1.82, 2.24) is 15.3 Å². The van der Waals surface area contributed by atoms with E-state index in [2.05, 4.69) is 15.3 Å². The van der Waals surface area contributed by atoms with Gasteiger partial charge in [-0.1, -0.05) is 0 Å². The number of nitrogens with zero attached hydrogens (tertiary/aromatic N) is 1. The molecule has 2 heterocycles. The minimum Gasteiger partial charge on any atom is -0.351 e. The van der Waals surface area contributed by atoms with Crippen molar-refractivity contribution in [2.75, 3.05) is 6.54 Å². The third kappa shape index (κ3) is 3.28. The molecule has 1 amide bonds. The Morgan fingerprint density at radius 1 is 1.38 bits per heavy atom. The Labute approximate surface area is 125 Å². The summed E-state index contributed by atoms with van der Waals surface area (Å²) < 4.78 is 14.0. The van der Waals surface area contributed by atoms with Gasteiger partial charge in [0.25, 0.3) is 5.91 Å². The van der Waals surface area contributed by atoms with E-state index in [1.165, 1.54) is 23.5 Å². The van der Waals surface area contributed by atoms with Crippen LogP contribution in [0.3, 0.4) is 0 Å². The highest BCUT2D eigenvalue weighted by atomic mass is 32.1. The number of H-pyrrole nitrogens is 1. The van der Waals surface area contributed by atoms with Gasteiger partial charge in [0.15, 0.2) is 0 Å². The molecule has 3 rings (SSSR count). The number of hydrogen-bond acceptors (Lipinski definition) is 3. The summed E-state index contributed by atoms with van der Waals surface area (Å²) in [5.41, 5.74) is 0. The number of carbonyl (C=O) groups is 1. The third-order valence-electron chi connectivity index (χ3n) is 3.13. The maximum Gasteiger partial charge on any atom is 0.261 e. The van der Waals surface area contributed by atoms with Gasteiger partial charge < -0.3 is 10.3 Å². The summed E-state index contributed by atoms with van der Waals surface area (Å²) in [6, 6.07) is 6.28. The molecule has 6 heteroatoms. The summed E-state index contributed by atoms with van der Waals surface area (Å²) in [5, 5.41) is 3.64. The second-order valence-corrected chi connectivity index (χ2v) is 5.77. The lowest BCUT2D eigenvalue weighted by atomic mass is 10.2. The Morgan fingerprint density at radius 2 is 2.29 bits per heavy atom. The zero-order valence-electron chi connectivity index (χ0n) is 11.2. The van der Waals surface area contributed by atoms with Crippen LogP contribution in [0, 0.1) is 5.82 Å². The molecule has 0 saturated heterocycles. The van der Waals surface area contributed by atoms with Crippen molar-refractivity contribution in [3.05, 3.63) is 53.2 Å². The number of rotatable bonds is 5. The highest BCUT2D eigenvalue weighted by Crippen LogP contribution is 2.26. The molecule has 0 aliphatic rings. The first-order valence-electron chi connectivity index (χ1n) is 6.68. The average Bonchev–Trinajstić information content (AvgIpc) is 3.11. The number of fused-ring (bicyclic) bond motifs is 1. The predicted molar refractivity (Wildman–Crippen MR) is 81.0 cm³/mol. The number of thiophene rings is 1. The number of imidazole rings is 1. The lowest BCUT2D eigenvalue weighted by Crippen LogP contribution is -2.23. The van der Waals surface area contributed by atoms with Crippen molar-refractivity contribution >= 4 is 27.3 Å². The standard InChI is InChI=1S/C15H14FN3OS/c16-11-3-4-12-10(8-11)9-13(21-12)15(20)19-5-1-2-14-17-6-7-18-14/h3-4,6-9H,1-2,5H2,(H,17,18)(H,19,20). The van der Waals surface area contributed by atoms with Crippen LogP contribution in [-0.2, 0) is 6.42 Å². The van der Waals surface area contributed by atoms with Crippen molar-refractivity contribution in [2.24, 2.45) is 0 Å². The van der Waals surface area contributed by atoms with Crippen molar-refractivity contribution in [2.45, 2.75) is 12.8 Å². The van der Waals surface area contributed by atoms with Crippen LogP contribution >= 0.6 is 11.3 Å². The molecular weight excluding hydrogens is 289 g/mol. The topological polar surface area (TPSA) is 57.8 Å². The molecule has 1 aromatic carbocycles. The van der Waals surface area contributed by atoms with E-state index in [0.29, 0.717) is 11.4 Å². The van der Waals surface area contributed by atoms with Gasteiger partial charge in [0.2, 0.25) is 0 Å². The van der Waals surface area contributed by atoms with E-state index in [0.717, 1.165) is 28.8 Å². The molecule has 0 aliphatic heterocycles. The first kappa shape index (κ1) is 13.8. The minimum absolute atomic E-state index is 0.115. The summed E-state index contributed by atoms with van der Waals surface area (Å²) in [6.07, 6.45) is 5.11. The van der Waals surface area contributed by atoms with Gasteiger partial charge in [-0.05, 0) is 36.1 Å². The minimum atomic E-state index is -0.286. The fourth-order valence-corrected chi connectivity index (χ4v) is 3.07. The number of halogens is 1. The van der Waals surface area contributed by atoms with E-state index >= 15 is 0 Å². The predicted octanol–water partition coefficient (Wildman–Crippen LogP) is 3.13. The fourth-order valence-electron chi connectivity index (χ4n) is 2.11. The van der Waals surface area contributed by atoms with Gasteiger partial charge in [-0.3, -0.25) is 4.79 Å². The number of carbonyl (C=O) groups excluding carboxylic acids is 1. The summed E-state index contributed by atoms with van der Waals surface area (Å²) >= 11 is 1.37. The molecule has 2 aromatic heterocycles. The number of aromatic amines is 1. The van der Waals surface area contributed by atoms with Gasteiger partial charge in [-0.25, -0.2) is 9.37 Å². The fraction of sp³-hybridized carbons (Fsp3) is 0.200. The van der Waals surface area contributed by atoms with Crippen LogP contribution in [0.4, 0.5) is 4.39 Å². The monoisotopic (exact) mass is 303 g/mol. The average molecular weight is 303 g/mol. The molecule has 108 valence electrons. The van der Waals surface area contributed by atoms with E-state index in [4.69, 9.17) is 0 Å². The highest BCUT2D eigenvalue weighted by Gasteiger charge is 2.10. The molecule has 0 bridgehead atoms. The zero-order chi connectivity index (χ0) is 14.7. The second kappa shape index (κ2) is 6.05. The largest absolute Gasteiger partial charge is 0.351 e. The number of aryl methyl sites for hydroxylation is 1. The number of amides is 1. The normalized spacial score (nSPS) is 10.9. The molecule has 0 fully saturated rings. The Morgan fingerprint density at radius 3 is 3.10 bits per heavy atom. The van der Waals surface area contributed by atoms with Gasteiger partial charge in [0, 0.05) is 30.1 Å². The van der Waals surface area contributed by atoms with Crippen molar-refractivity contribution < 1.29 is 9.18 Å². The summed E-state index contributed by atoms with van der Waals surface area (Å²) in [4.78, 5) is 19.8. The van der Waals surface area contributed by atoms with Gasteiger partial charge >= 0.3 is 0 Å². The molecule has 0 spiro atoms. The Kier molecular flexibility index (Phi) is 3.96. The number of aromatic nitrogens is 2. The van der Waals surface area contributed by atoms with E-state index < -0.39 is 0 Å². The van der Waals surface area contributed by atoms with E-state index in [1.807, 2.05) is 0 Å². The molecule has 0 atom stereocenters. The van der Waals surface area contributed by atoms with Crippen LogP contribution in [0.5, 0.6) is 0 Å². The molecule has 0 unspecified atom stereocenters. The maximum atomic E-state index is 13.1. The second-order valence-electron chi connectivity index (χ2n) is 4.69. The Hall–Kier alpha value is -2.21. The third-order valence-corrected chi connectivity index (χ3v) is 4.25. The van der Waals surface area contributed by atoms with Crippen LogP contribution in [0.15, 0.2) is 36.7 Å². The number of benzene rings is 1. The summed E-state index contributed by atoms with van der Waals surface area (Å²) in [5.74, 6) is 0.517. The molecule has 2 N–H and O–H groups in total. The molecule has 0 aliphatic carbocycles. The molecule has 0 saturated carbocycles. The van der Waals surface area contributed by atoms with Crippen molar-refractivity contribution in [1.29, 1.82) is 0 Å². The molecule has 3 aromatic rings. The van der Waals surface area contributed by atoms with Crippen LogP contribution in [0.25, 0.3) is 10.1 Å². The first-order valence-corrected chi connectivity index (χ1v) is 7.49. The summed E-state index contributed by atoms with van der Waals surface area (Å²) in [6.45, 7) is 0.585. The Balaban J connectivity index is 1.56. The van der Waals surface area contributed by atoms with Crippen molar-refractivity contribution in [3.63, 3.8) is 0 Å². The highest BCUT2D eigenvalue weighted by molar-refractivity contribution is 7.20. The van der Waals surface area contributed by atoms with Gasteiger partial charge in [0.1, 0.15) is 11.6 Å². The van der Waals surface area contributed by atoms with E-state index in [9.17, 15) is 9.18 Å². The van der Waals surface area contributed by atoms with Crippen LogP contribution in [-0.4, -0.2) is 22.4 Å². The smallest absolute Gasteiger partial charge is 0.261 e. The van der Waals surface area contributed by atoms with Crippen molar-refractivity contribution in [3.8, 4) is 0 Å². The number of hydrogen-bond donors (Lipinski definition) is 2. The van der Waals surface area contributed by atoms with Crippen LogP contribution in [0.1, 0.15) is 21.9 Å². The molecule has 21 heavy (non-hydrogen) atoms. The lowest BCUT2D eigenvalue weighted by Gasteiger charge is -2.02. The Bertz CT molecular complexity index is 751. The SMILES string of the molecule is O=C(NCCCc1ncc[nH]1)c1cc2cc(F)ccc2s1. The van der Waals surface area contributed by atoms with E-state index in [1.54, 1.807) is 24.5 Å². The molecular formula is C15H14FN3OS. The van der Waals surface area contributed by atoms with Crippen LogP contribution in [0.2, 0.25) is 0 Å². The first-order chi connectivity index (χ1) is 10.2. The van der Waals surface area contributed by atoms with E-state index in [-0.39, 0.29) is 11.7 Å². The summed E-state index contributed by atoms with van der Waals surface area (Å²) in [7, 11) is 0. The molecule has 0 radical (unpaired) electrons.